The van der Waals surface area contributed by atoms with Crippen molar-refractivity contribution in [1.82, 2.24) is 0 Å². The maximum Gasteiger partial charge on any atom is 0.255 e. The van der Waals surface area contributed by atoms with Crippen molar-refractivity contribution < 1.29 is 14.3 Å². The summed E-state index contributed by atoms with van der Waals surface area (Å²) in [6.07, 6.45) is 0.969. The third-order valence-electron chi connectivity index (χ3n) is 3.32. The van der Waals surface area contributed by atoms with Crippen LogP contribution in [0.1, 0.15) is 22.8 Å². The molecule has 0 aliphatic rings. The van der Waals surface area contributed by atoms with Crippen molar-refractivity contribution in [1.29, 1.82) is 0 Å². The van der Waals surface area contributed by atoms with Gasteiger partial charge in [-0.15, -0.1) is 0 Å². The van der Waals surface area contributed by atoms with Gasteiger partial charge >= 0.3 is 0 Å². The molecule has 0 unspecified atom stereocenters. The lowest BCUT2D eigenvalue weighted by Gasteiger charge is -2.12. The van der Waals surface area contributed by atoms with Gasteiger partial charge in [0.25, 0.3) is 5.91 Å². The first-order valence-corrected chi connectivity index (χ1v) is 7.70. The van der Waals surface area contributed by atoms with Crippen LogP contribution in [0.5, 0.6) is 11.5 Å². The van der Waals surface area contributed by atoms with Crippen LogP contribution in [0.4, 0.5) is 5.69 Å². The predicted octanol–water partition coefficient (Wildman–Crippen LogP) is 4.28. The Morgan fingerprint density at radius 1 is 1.14 bits per heavy atom. The molecule has 0 radical (unpaired) electrons. The van der Waals surface area contributed by atoms with Crippen LogP contribution in [-0.4, -0.2) is 20.1 Å². The fourth-order valence-electron chi connectivity index (χ4n) is 2.08. The third kappa shape index (κ3) is 3.60. The Morgan fingerprint density at radius 2 is 1.82 bits per heavy atom. The first-order valence-electron chi connectivity index (χ1n) is 6.90. The molecule has 0 atom stereocenters. The molecule has 0 fully saturated rings. The van der Waals surface area contributed by atoms with Gasteiger partial charge in [0.05, 0.1) is 18.7 Å². The fraction of sp³-hybridized carbons (Fsp3) is 0.235. The van der Waals surface area contributed by atoms with Crippen molar-refractivity contribution in [3.8, 4) is 11.5 Å². The number of hydrogen-bond donors (Lipinski definition) is 1. The molecule has 0 spiro atoms. The number of ether oxygens (including phenoxy) is 2. The molecule has 0 aromatic heterocycles. The minimum absolute atomic E-state index is 0.203. The first kappa shape index (κ1) is 16.4. The minimum atomic E-state index is -0.203. The Hall–Kier alpha value is -2.01. The maximum absolute atomic E-state index is 12.4. The smallest absolute Gasteiger partial charge is 0.255 e. The van der Waals surface area contributed by atoms with Gasteiger partial charge in [-0.1, -0.05) is 19.1 Å². The van der Waals surface area contributed by atoms with E-state index in [1.807, 2.05) is 24.3 Å². The summed E-state index contributed by atoms with van der Waals surface area (Å²) in [7, 11) is 3.09. The van der Waals surface area contributed by atoms with Gasteiger partial charge in [0.15, 0.2) is 11.5 Å². The lowest BCUT2D eigenvalue weighted by Crippen LogP contribution is -2.12. The summed E-state index contributed by atoms with van der Waals surface area (Å²) >= 11 is 3.39. The molecular formula is C17H18BrNO3. The second-order valence-corrected chi connectivity index (χ2v) is 5.55. The van der Waals surface area contributed by atoms with Crippen molar-refractivity contribution in [2.24, 2.45) is 0 Å². The molecule has 5 heteroatoms. The standard InChI is InChI=1S/C17H18BrNO3/c1-4-11-5-7-13(8-6-11)19-17(20)12-9-14(18)16(22-3)15(10-12)21-2/h5-10H,4H2,1-3H3,(H,19,20). The Balaban J connectivity index is 2.23. The molecule has 2 rings (SSSR count). The lowest BCUT2D eigenvalue weighted by molar-refractivity contribution is 0.102. The van der Waals surface area contributed by atoms with Gasteiger partial charge in [-0.25, -0.2) is 0 Å². The van der Waals surface area contributed by atoms with Crippen molar-refractivity contribution in [3.05, 3.63) is 52.0 Å². The molecule has 0 saturated carbocycles. The number of rotatable bonds is 5. The largest absolute Gasteiger partial charge is 0.493 e. The number of anilines is 1. The monoisotopic (exact) mass is 363 g/mol. The second kappa shape index (κ2) is 7.31. The summed E-state index contributed by atoms with van der Waals surface area (Å²) in [6, 6.07) is 11.1. The first-order chi connectivity index (χ1) is 10.6. The molecule has 116 valence electrons. The lowest BCUT2D eigenvalue weighted by atomic mass is 10.1. The molecule has 0 aliphatic heterocycles. The number of nitrogens with one attached hydrogen (secondary N) is 1. The molecule has 1 amide bonds. The van der Waals surface area contributed by atoms with E-state index in [-0.39, 0.29) is 5.91 Å². The van der Waals surface area contributed by atoms with E-state index in [4.69, 9.17) is 9.47 Å². The molecule has 4 nitrogen and oxygen atoms in total. The van der Waals surface area contributed by atoms with E-state index in [1.54, 1.807) is 19.2 Å². The number of carbonyl (C=O) groups excluding carboxylic acids is 1. The highest BCUT2D eigenvalue weighted by Crippen LogP contribution is 2.36. The van der Waals surface area contributed by atoms with Gasteiger partial charge in [-0.2, -0.15) is 0 Å². The summed E-state index contributed by atoms with van der Waals surface area (Å²) < 4.78 is 11.2. The number of methoxy groups -OCH3 is 2. The zero-order valence-electron chi connectivity index (χ0n) is 12.8. The van der Waals surface area contributed by atoms with Crippen LogP contribution in [0.3, 0.4) is 0 Å². The quantitative estimate of drug-likeness (QED) is 0.862. The Morgan fingerprint density at radius 3 is 2.36 bits per heavy atom. The van der Waals surface area contributed by atoms with E-state index in [0.717, 1.165) is 12.1 Å². The van der Waals surface area contributed by atoms with E-state index < -0.39 is 0 Å². The summed E-state index contributed by atoms with van der Waals surface area (Å²) in [5.41, 5.74) is 2.48. The van der Waals surface area contributed by atoms with Crippen LogP contribution in [0.15, 0.2) is 40.9 Å². The van der Waals surface area contributed by atoms with E-state index >= 15 is 0 Å². The van der Waals surface area contributed by atoms with Gasteiger partial charge in [-0.05, 0) is 52.2 Å². The highest BCUT2D eigenvalue weighted by Gasteiger charge is 2.15. The Bertz CT molecular complexity index is 668. The van der Waals surface area contributed by atoms with Gasteiger partial charge in [0.2, 0.25) is 0 Å². The zero-order chi connectivity index (χ0) is 16.1. The number of amides is 1. The van der Waals surface area contributed by atoms with E-state index in [0.29, 0.717) is 21.5 Å². The molecule has 0 saturated heterocycles. The Kier molecular flexibility index (Phi) is 5.44. The van der Waals surface area contributed by atoms with E-state index in [9.17, 15) is 4.79 Å². The van der Waals surface area contributed by atoms with Crippen molar-refractivity contribution in [2.75, 3.05) is 19.5 Å². The molecular weight excluding hydrogens is 346 g/mol. The topological polar surface area (TPSA) is 47.6 Å². The van der Waals surface area contributed by atoms with Crippen LogP contribution >= 0.6 is 15.9 Å². The molecule has 0 bridgehead atoms. The average Bonchev–Trinajstić information content (AvgIpc) is 2.54. The van der Waals surface area contributed by atoms with Gasteiger partial charge < -0.3 is 14.8 Å². The highest BCUT2D eigenvalue weighted by molar-refractivity contribution is 9.10. The van der Waals surface area contributed by atoms with Gasteiger partial charge in [-0.3, -0.25) is 4.79 Å². The summed E-state index contributed by atoms with van der Waals surface area (Å²) in [5.74, 6) is 0.862. The van der Waals surface area contributed by atoms with Crippen LogP contribution < -0.4 is 14.8 Å². The van der Waals surface area contributed by atoms with E-state index in [2.05, 4.69) is 28.2 Å². The predicted molar refractivity (Wildman–Crippen MR) is 91.0 cm³/mol. The van der Waals surface area contributed by atoms with Crippen molar-refractivity contribution in [3.63, 3.8) is 0 Å². The van der Waals surface area contributed by atoms with Gasteiger partial charge in [0.1, 0.15) is 0 Å². The zero-order valence-corrected chi connectivity index (χ0v) is 14.4. The molecule has 22 heavy (non-hydrogen) atoms. The van der Waals surface area contributed by atoms with Crippen LogP contribution in [-0.2, 0) is 6.42 Å². The van der Waals surface area contributed by atoms with Crippen molar-refractivity contribution >= 4 is 27.5 Å². The minimum Gasteiger partial charge on any atom is -0.493 e. The average molecular weight is 364 g/mol. The van der Waals surface area contributed by atoms with Gasteiger partial charge in [0, 0.05) is 11.3 Å². The number of hydrogen-bond acceptors (Lipinski definition) is 3. The number of aryl methyl sites for hydroxylation is 1. The van der Waals surface area contributed by atoms with Crippen LogP contribution in [0, 0.1) is 0 Å². The molecule has 2 aromatic rings. The summed E-state index contributed by atoms with van der Waals surface area (Å²) in [5, 5.41) is 2.87. The normalized spacial score (nSPS) is 10.2. The van der Waals surface area contributed by atoms with E-state index in [1.165, 1.54) is 12.7 Å². The van der Waals surface area contributed by atoms with Crippen LogP contribution in [0.2, 0.25) is 0 Å². The maximum atomic E-state index is 12.4. The number of carbonyl (C=O) groups is 1. The highest BCUT2D eigenvalue weighted by atomic mass is 79.9. The third-order valence-corrected chi connectivity index (χ3v) is 3.90. The molecule has 2 aromatic carbocycles. The molecule has 0 aliphatic carbocycles. The molecule has 1 N–H and O–H groups in total. The fourth-order valence-corrected chi connectivity index (χ4v) is 2.68. The summed E-state index contributed by atoms with van der Waals surface area (Å²) in [4.78, 5) is 12.4. The Labute approximate surface area is 138 Å². The second-order valence-electron chi connectivity index (χ2n) is 4.70. The number of benzene rings is 2. The van der Waals surface area contributed by atoms with Crippen LogP contribution in [0.25, 0.3) is 0 Å². The van der Waals surface area contributed by atoms with Crippen molar-refractivity contribution in [2.45, 2.75) is 13.3 Å². The molecule has 0 heterocycles. The number of halogens is 1. The SMILES string of the molecule is CCc1ccc(NC(=O)c2cc(Br)c(OC)c(OC)c2)cc1. The summed E-state index contributed by atoms with van der Waals surface area (Å²) in [6.45, 7) is 2.09.